The molecular formula is C22H29NO2. The number of unbranched alkanes of at least 4 members (excludes halogenated alkanes) is 1. The summed E-state index contributed by atoms with van der Waals surface area (Å²) in [5.74, 6) is 0.459. The topological polar surface area (TPSA) is 40.5 Å². The first kappa shape index (κ1) is 17.9. The van der Waals surface area contributed by atoms with Gasteiger partial charge in [-0.05, 0) is 48.3 Å². The van der Waals surface area contributed by atoms with E-state index in [2.05, 4.69) is 45.0 Å². The molecular weight excluding hydrogens is 310 g/mol. The summed E-state index contributed by atoms with van der Waals surface area (Å²) < 4.78 is 0. The molecule has 1 heterocycles. The van der Waals surface area contributed by atoms with Crippen LogP contribution in [0, 0.1) is 0 Å². The molecule has 1 aromatic carbocycles. The lowest BCUT2D eigenvalue weighted by molar-refractivity contribution is -0.145. The molecule has 3 heteroatoms. The smallest absolute Gasteiger partial charge is 0.256 e. The number of hydrogen-bond donors (Lipinski definition) is 1. The Balaban J connectivity index is 1.88. The largest absolute Gasteiger partial charge is 0.367 e. The quantitative estimate of drug-likeness (QED) is 0.817. The molecule has 1 aliphatic carbocycles. The zero-order chi connectivity index (χ0) is 18.0. The van der Waals surface area contributed by atoms with Gasteiger partial charge in [0.25, 0.3) is 5.91 Å². The number of nitrogens with zero attached hydrogens (tertiary/aromatic N) is 1. The molecule has 3 nitrogen and oxygen atoms in total. The first-order valence-electron chi connectivity index (χ1n) is 9.50. The van der Waals surface area contributed by atoms with Crippen molar-refractivity contribution in [1.29, 1.82) is 0 Å². The molecule has 0 spiro atoms. The molecule has 1 N–H and O–H groups in total. The van der Waals surface area contributed by atoms with Crippen molar-refractivity contribution in [3.05, 3.63) is 58.7 Å². The van der Waals surface area contributed by atoms with E-state index in [0.29, 0.717) is 24.5 Å². The second kappa shape index (κ2) is 7.17. The Morgan fingerprint density at radius 3 is 2.60 bits per heavy atom. The van der Waals surface area contributed by atoms with E-state index in [9.17, 15) is 9.90 Å². The van der Waals surface area contributed by atoms with Gasteiger partial charge in [-0.1, -0.05) is 63.6 Å². The third kappa shape index (κ3) is 3.30. The van der Waals surface area contributed by atoms with Crippen LogP contribution in [0.4, 0.5) is 0 Å². The Morgan fingerprint density at radius 2 is 1.96 bits per heavy atom. The van der Waals surface area contributed by atoms with Crippen molar-refractivity contribution in [2.75, 3.05) is 0 Å². The Morgan fingerprint density at radius 1 is 1.24 bits per heavy atom. The van der Waals surface area contributed by atoms with E-state index in [1.807, 2.05) is 12.2 Å². The molecule has 0 bridgehead atoms. The summed E-state index contributed by atoms with van der Waals surface area (Å²) in [6, 6.07) is 8.41. The first-order valence-corrected chi connectivity index (χ1v) is 9.50. The number of allylic oxidation sites excluding steroid dienone is 1. The summed E-state index contributed by atoms with van der Waals surface area (Å²) in [5.41, 5.74) is 2.87. The Labute approximate surface area is 151 Å². The van der Waals surface area contributed by atoms with Crippen LogP contribution in [-0.2, 0) is 11.3 Å². The van der Waals surface area contributed by atoms with Crippen LogP contribution in [-0.4, -0.2) is 21.6 Å². The van der Waals surface area contributed by atoms with Crippen molar-refractivity contribution in [2.24, 2.45) is 0 Å². The maximum absolute atomic E-state index is 13.0. The maximum Gasteiger partial charge on any atom is 0.256 e. The molecule has 1 amide bonds. The lowest BCUT2D eigenvalue weighted by atomic mass is 9.89. The average Bonchev–Trinajstić information content (AvgIpc) is 2.83. The predicted octanol–water partition coefficient (Wildman–Crippen LogP) is 4.68. The maximum atomic E-state index is 13.0. The zero-order valence-electron chi connectivity index (χ0n) is 15.6. The van der Waals surface area contributed by atoms with E-state index in [1.54, 1.807) is 4.90 Å². The van der Waals surface area contributed by atoms with Crippen molar-refractivity contribution in [3.63, 3.8) is 0 Å². The summed E-state index contributed by atoms with van der Waals surface area (Å²) >= 11 is 0. The number of aliphatic hydroxyl groups is 1. The van der Waals surface area contributed by atoms with Gasteiger partial charge in [-0.15, -0.1) is 0 Å². The number of hydrogen-bond acceptors (Lipinski definition) is 2. The molecule has 25 heavy (non-hydrogen) atoms. The standard InChI is InChI=1S/C22H29NO2/c1-4-5-14-22(25)20-9-7-6-8-19(20)21(24)23(22)15-17-10-12-18(13-11-17)16(2)3/h6,8,10-13,16,25H,4-5,7,9,14-15H2,1-3H3. The predicted molar refractivity (Wildman–Crippen MR) is 101 cm³/mol. The van der Waals surface area contributed by atoms with E-state index < -0.39 is 5.72 Å². The summed E-state index contributed by atoms with van der Waals surface area (Å²) in [4.78, 5) is 14.6. The molecule has 1 aromatic rings. The molecule has 0 fully saturated rings. The van der Waals surface area contributed by atoms with Crippen LogP contribution in [0.5, 0.6) is 0 Å². The lowest BCUT2D eigenvalue weighted by Crippen LogP contribution is -2.47. The van der Waals surface area contributed by atoms with E-state index in [4.69, 9.17) is 0 Å². The van der Waals surface area contributed by atoms with Crippen LogP contribution < -0.4 is 0 Å². The van der Waals surface area contributed by atoms with Crippen LogP contribution in [0.2, 0.25) is 0 Å². The Kier molecular flexibility index (Phi) is 5.14. The third-order valence-corrected chi connectivity index (χ3v) is 5.44. The van der Waals surface area contributed by atoms with Crippen molar-refractivity contribution in [1.82, 2.24) is 4.90 Å². The Hall–Kier alpha value is -1.87. The van der Waals surface area contributed by atoms with Crippen molar-refractivity contribution >= 4 is 5.91 Å². The van der Waals surface area contributed by atoms with Crippen LogP contribution in [0.3, 0.4) is 0 Å². The normalized spacial score (nSPS) is 22.9. The third-order valence-electron chi connectivity index (χ3n) is 5.44. The van der Waals surface area contributed by atoms with Gasteiger partial charge in [0.1, 0.15) is 0 Å². The second-order valence-corrected chi connectivity index (χ2v) is 7.54. The van der Waals surface area contributed by atoms with Gasteiger partial charge >= 0.3 is 0 Å². The minimum absolute atomic E-state index is 0.0301. The van der Waals surface area contributed by atoms with E-state index in [1.165, 1.54) is 5.56 Å². The minimum Gasteiger partial charge on any atom is -0.367 e. The molecule has 0 saturated heterocycles. The van der Waals surface area contributed by atoms with E-state index in [-0.39, 0.29) is 5.91 Å². The number of carbonyl (C=O) groups is 1. The fraction of sp³-hybridized carbons (Fsp3) is 0.500. The fourth-order valence-electron chi connectivity index (χ4n) is 3.86. The van der Waals surface area contributed by atoms with Gasteiger partial charge in [0.2, 0.25) is 0 Å². The number of rotatable bonds is 6. The summed E-state index contributed by atoms with van der Waals surface area (Å²) in [6.45, 7) is 6.92. The molecule has 1 atom stereocenters. The van der Waals surface area contributed by atoms with Crippen molar-refractivity contribution in [2.45, 2.75) is 71.1 Å². The van der Waals surface area contributed by atoms with Crippen LogP contribution in [0.1, 0.15) is 69.9 Å². The highest BCUT2D eigenvalue weighted by atomic mass is 16.3. The Bertz CT molecular complexity index is 699. The summed E-state index contributed by atoms with van der Waals surface area (Å²) in [5, 5.41) is 11.5. The number of carbonyl (C=O) groups excluding carboxylic acids is 1. The van der Waals surface area contributed by atoms with Crippen molar-refractivity contribution < 1.29 is 9.90 Å². The zero-order valence-corrected chi connectivity index (χ0v) is 15.6. The highest BCUT2D eigenvalue weighted by molar-refractivity contribution is 6.01. The molecule has 3 rings (SSSR count). The minimum atomic E-state index is -1.12. The van der Waals surface area contributed by atoms with Gasteiger partial charge in [-0.25, -0.2) is 0 Å². The highest BCUT2D eigenvalue weighted by Gasteiger charge is 2.48. The molecule has 134 valence electrons. The van der Waals surface area contributed by atoms with Gasteiger partial charge in [0, 0.05) is 12.1 Å². The van der Waals surface area contributed by atoms with Crippen LogP contribution in [0.25, 0.3) is 0 Å². The second-order valence-electron chi connectivity index (χ2n) is 7.54. The molecule has 0 aromatic heterocycles. The van der Waals surface area contributed by atoms with Crippen LogP contribution >= 0.6 is 0 Å². The average molecular weight is 339 g/mol. The monoisotopic (exact) mass is 339 g/mol. The molecule has 2 aliphatic rings. The van der Waals surface area contributed by atoms with Gasteiger partial charge in [0.15, 0.2) is 5.72 Å². The van der Waals surface area contributed by atoms with Gasteiger partial charge < -0.3 is 10.0 Å². The molecule has 1 unspecified atom stereocenters. The number of benzene rings is 1. The summed E-state index contributed by atoms with van der Waals surface area (Å²) in [6.07, 6.45) is 8.15. The fourth-order valence-corrected chi connectivity index (χ4v) is 3.86. The van der Waals surface area contributed by atoms with Gasteiger partial charge in [-0.2, -0.15) is 0 Å². The van der Waals surface area contributed by atoms with Gasteiger partial charge in [-0.3, -0.25) is 4.79 Å². The van der Waals surface area contributed by atoms with E-state index in [0.717, 1.165) is 36.8 Å². The summed E-state index contributed by atoms with van der Waals surface area (Å²) in [7, 11) is 0. The van der Waals surface area contributed by atoms with Gasteiger partial charge in [0.05, 0.1) is 0 Å². The van der Waals surface area contributed by atoms with Crippen molar-refractivity contribution in [3.8, 4) is 0 Å². The van der Waals surface area contributed by atoms with E-state index >= 15 is 0 Å². The molecule has 0 saturated carbocycles. The molecule has 1 aliphatic heterocycles. The first-order chi connectivity index (χ1) is 12.0. The highest BCUT2D eigenvalue weighted by Crippen LogP contribution is 2.43. The molecule has 0 radical (unpaired) electrons. The lowest BCUT2D eigenvalue weighted by Gasteiger charge is -2.36. The SMILES string of the molecule is CCCCC1(O)C2=C(C=CCC2)C(=O)N1Cc1ccc(C(C)C)cc1. The van der Waals surface area contributed by atoms with Crippen LogP contribution in [0.15, 0.2) is 47.6 Å². The number of amides is 1.